The van der Waals surface area contributed by atoms with Crippen LogP contribution in [0.25, 0.3) is 0 Å². The molecule has 1 unspecified atom stereocenters. The highest BCUT2D eigenvalue weighted by Crippen LogP contribution is 2.33. The van der Waals surface area contributed by atoms with Crippen LogP contribution in [-0.2, 0) is 6.54 Å². The number of thiazole rings is 1. The second kappa shape index (κ2) is 6.88. The van der Waals surface area contributed by atoms with Gasteiger partial charge in [0.1, 0.15) is 0 Å². The lowest BCUT2D eigenvalue weighted by Crippen LogP contribution is -2.33. The molecule has 25 heavy (non-hydrogen) atoms. The lowest BCUT2D eigenvalue weighted by atomic mass is 10.1. The van der Waals surface area contributed by atoms with E-state index in [-0.39, 0.29) is 5.56 Å². The Hall–Kier alpha value is -1.73. The van der Waals surface area contributed by atoms with Crippen LogP contribution < -0.4 is 10.5 Å². The average Bonchev–Trinajstić information content (AvgIpc) is 3.21. The van der Waals surface area contributed by atoms with Crippen LogP contribution in [0.15, 0.2) is 22.7 Å². The van der Waals surface area contributed by atoms with Crippen molar-refractivity contribution in [3.05, 3.63) is 38.8 Å². The van der Waals surface area contributed by atoms with Crippen molar-refractivity contribution in [2.24, 2.45) is 5.92 Å². The highest BCUT2D eigenvalue weighted by molar-refractivity contribution is 7.09. The second-order valence-corrected chi connectivity index (χ2v) is 8.29. The number of aryl methyl sites for hydroxylation is 1. The van der Waals surface area contributed by atoms with E-state index in [1.807, 2.05) is 16.3 Å². The fourth-order valence-corrected chi connectivity index (χ4v) is 4.53. The molecular weight excluding hydrogens is 334 g/mol. The van der Waals surface area contributed by atoms with E-state index in [9.17, 15) is 4.79 Å². The van der Waals surface area contributed by atoms with Crippen molar-refractivity contribution in [3.63, 3.8) is 0 Å². The zero-order valence-corrected chi connectivity index (χ0v) is 15.7. The Morgan fingerprint density at radius 3 is 2.88 bits per heavy atom. The molecule has 7 heteroatoms. The summed E-state index contributed by atoms with van der Waals surface area (Å²) < 4.78 is 1.87. The first-order chi connectivity index (χ1) is 12.1. The van der Waals surface area contributed by atoms with E-state index in [0.717, 1.165) is 51.1 Å². The molecule has 2 fully saturated rings. The number of hydrogen-bond donors (Lipinski definition) is 0. The number of anilines is 1. The van der Waals surface area contributed by atoms with Gasteiger partial charge in [0.25, 0.3) is 5.56 Å². The molecule has 2 aromatic rings. The monoisotopic (exact) mass is 359 g/mol. The van der Waals surface area contributed by atoms with Crippen LogP contribution in [0.2, 0.25) is 0 Å². The van der Waals surface area contributed by atoms with Crippen molar-refractivity contribution in [3.8, 4) is 0 Å². The standard InChI is InChI=1S/C18H25N5OS/c1-13-16(25-12-20-13)11-21(2)9-14-5-7-22(10-14)17-18(24)23(8-6-19-17)15-3-4-15/h6,8,12,14-15H,3-5,7,9-11H2,1-2H3. The largest absolute Gasteiger partial charge is 0.352 e. The molecule has 3 heterocycles. The first-order valence-electron chi connectivity index (χ1n) is 9.01. The summed E-state index contributed by atoms with van der Waals surface area (Å²) in [4.78, 5) is 27.3. The molecule has 0 bridgehead atoms. The third-order valence-electron chi connectivity index (χ3n) is 5.20. The maximum Gasteiger partial charge on any atom is 0.293 e. The predicted molar refractivity (Wildman–Crippen MR) is 100 cm³/mol. The van der Waals surface area contributed by atoms with Gasteiger partial charge in [-0.2, -0.15) is 0 Å². The second-order valence-electron chi connectivity index (χ2n) is 7.35. The first kappa shape index (κ1) is 16.7. The quantitative estimate of drug-likeness (QED) is 0.792. The van der Waals surface area contributed by atoms with E-state index < -0.39 is 0 Å². The van der Waals surface area contributed by atoms with Gasteiger partial charge in [0.2, 0.25) is 0 Å². The Kier molecular flexibility index (Phi) is 4.60. The van der Waals surface area contributed by atoms with Crippen molar-refractivity contribution in [2.75, 3.05) is 31.6 Å². The third-order valence-corrected chi connectivity index (χ3v) is 6.12. The molecule has 1 atom stereocenters. The molecule has 0 N–H and O–H groups in total. The normalized spacial score (nSPS) is 20.6. The van der Waals surface area contributed by atoms with Gasteiger partial charge in [-0.05, 0) is 39.2 Å². The molecule has 6 nitrogen and oxygen atoms in total. The Bertz CT molecular complexity index is 797. The predicted octanol–water partition coefficient (Wildman–Crippen LogP) is 2.30. The lowest BCUT2D eigenvalue weighted by molar-refractivity contribution is 0.281. The molecule has 2 aliphatic rings. The van der Waals surface area contributed by atoms with E-state index in [0.29, 0.717) is 17.8 Å². The molecule has 0 aromatic carbocycles. The molecule has 0 spiro atoms. The minimum Gasteiger partial charge on any atom is -0.352 e. The highest BCUT2D eigenvalue weighted by Gasteiger charge is 2.29. The highest BCUT2D eigenvalue weighted by atomic mass is 32.1. The number of rotatable bonds is 6. The molecular formula is C18H25N5OS. The van der Waals surface area contributed by atoms with Gasteiger partial charge in [-0.15, -0.1) is 11.3 Å². The Balaban J connectivity index is 1.38. The maximum absolute atomic E-state index is 12.7. The van der Waals surface area contributed by atoms with Crippen molar-refractivity contribution in [1.29, 1.82) is 0 Å². The zero-order valence-electron chi connectivity index (χ0n) is 14.9. The summed E-state index contributed by atoms with van der Waals surface area (Å²) in [6.45, 7) is 5.91. The molecule has 1 saturated heterocycles. The third kappa shape index (κ3) is 3.62. The summed E-state index contributed by atoms with van der Waals surface area (Å²) in [6, 6.07) is 0.404. The summed E-state index contributed by atoms with van der Waals surface area (Å²) in [5, 5.41) is 0. The molecule has 4 rings (SSSR count). The Morgan fingerprint density at radius 2 is 2.16 bits per heavy atom. The minimum absolute atomic E-state index is 0.0827. The summed E-state index contributed by atoms with van der Waals surface area (Å²) in [5.74, 6) is 1.21. The lowest BCUT2D eigenvalue weighted by Gasteiger charge is -2.21. The van der Waals surface area contributed by atoms with Crippen molar-refractivity contribution >= 4 is 17.2 Å². The van der Waals surface area contributed by atoms with Gasteiger partial charge < -0.3 is 14.4 Å². The van der Waals surface area contributed by atoms with Gasteiger partial charge in [-0.25, -0.2) is 9.97 Å². The summed E-state index contributed by atoms with van der Waals surface area (Å²) >= 11 is 1.73. The van der Waals surface area contributed by atoms with Gasteiger partial charge in [-0.3, -0.25) is 4.79 Å². The van der Waals surface area contributed by atoms with Crippen LogP contribution in [-0.4, -0.2) is 46.1 Å². The van der Waals surface area contributed by atoms with Gasteiger partial charge in [0, 0.05) is 49.5 Å². The number of aromatic nitrogens is 3. The van der Waals surface area contributed by atoms with Crippen LogP contribution in [0.5, 0.6) is 0 Å². The SMILES string of the molecule is Cc1ncsc1CN(C)CC1CCN(c2nccn(C3CC3)c2=O)C1. The van der Waals surface area contributed by atoms with Gasteiger partial charge in [0.15, 0.2) is 5.82 Å². The van der Waals surface area contributed by atoms with Crippen molar-refractivity contribution < 1.29 is 0 Å². The van der Waals surface area contributed by atoms with Gasteiger partial charge in [-0.1, -0.05) is 0 Å². The zero-order chi connectivity index (χ0) is 17.4. The van der Waals surface area contributed by atoms with E-state index in [1.165, 1.54) is 4.88 Å². The average molecular weight is 359 g/mol. The van der Waals surface area contributed by atoms with Crippen LogP contribution >= 0.6 is 11.3 Å². The van der Waals surface area contributed by atoms with Crippen LogP contribution in [0, 0.1) is 12.8 Å². The summed E-state index contributed by atoms with van der Waals surface area (Å²) in [6.07, 6.45) is 6.97. The van der Waals surface area contributed by atoms with Crippen molar-refractivity contribution in [2.45, 2.75) is 38.8 Å². The molecule has 2 aromatic heterocycles. The first-order valence-corrected chi connectivity index (χ1v) is 9.89. The molecule has 134 valence electrons. The molecule has 1 aliphatic heterocycles. The molecule has 1 aliphatic carbocycles. The van der Waals surface area contributed by atoms with E-state index in [4.69, 9.17) is 0 Å². The van der Waals surface area contributed by atoms with Gasteiger partial charge >= 0.3 is 0 Å². The minimum atomic E-state index is 0.0827. The van der Waals surface area contributed by atoms with Crippen LogP contribution in [0.1, 0.15) is 35.9 Å². The fraction of sp³-hybridized carbons (Fsp3) is 0.611. The van der Waals surface area contributed by atoms with Crippen molar-refractivity contribution in [1.82, 2.24) is 19.4 Å². The Labute approximate surface area is 152 Å². The summed E-state index contributed by atoms with van der Waals surface area (Å²) in [5.41, 5.74) is 3.14. The fourth-order valence-electron chi connectivity index (χ4n) is 3.67. The summed E-state index contributed by atoms with van der Waals surface area (Å²) in [7, 11) is 2.17. The molecule has 0 radical (unpaired) electrons. The van der Waals surface area contributed by atoms with Gasteiger partial charge in [0.05, 0.1) is 11.2 Å². The number of nitrogens with zero attached hydrogens (tertiary/aromatic N) is 5. The molecule has 0 amide bonds. The van der Waals surface area contributed by atoms with Crippen LogP contribution in [0.4, 0.5) is 5.82 Å². The topological polar surface area (TPSA) is 54.3 Å². The Morgan fingerprint density at radius 1 is 1.32 bits per heavy atom. The molecule has 1 saturated carbocycles. The maximum atomic E-state index is 12.7. The van der Waals surface area contributed by atoms with Crippen LogP contribution in [0.3, 0.4) is 0 Å². The number of hydrogen-bond acceptors (Lipinski definition) is 6. The van der Waals surface area contributed by atoms with E-state index in [2.05, 4.69) is 33.7 Å². The smallest absolute Gasteiger partial charge is 0.293 e. The van der Waals surface area contributed by atoms with E-state index in [1.54, 1.807) is 17.5 Å². The van der Waals surface area contributed by atoms with E-state index >= 15 is 0 Å².